The van der Waals surface area contributed by atoms with Crippen molar-refractivity contribution in [2.45, 2.75) is 0 Å². The highest BCUT2D eigenvalue weighted by Crippen LogP contribution is 2.25. The fraction of sp³-hybridized carbons (Fsp3) is 0. The smallest absolute Gasteiger partial charge is 0.178 e. The van der Waals surface area contributed by atoms with Gasteiger partial charge in [-0.3, -0.25) is 0 Å². The lowest BCUT2D eigenvalue weighted by atomic mass is 10.0. The van der Waals surface area contributed by atoms with Crippen molar-refractivity contribution < 1.29 is 0 Å². The molecule has 0 bridgehead atoms. The first kappa shape index (κ1) is 17.0. The molecule has 0 unspecified atom stereocenters. The maximum absolute atomic E-state index is 9.35. The number of fused-ring (bicyclic) bond motifs is 1. The molecule has 4 aromatic rings. The van der Waals surface area contributed by atoms with Crippen molar-refractivity contribution in [1.82, 2.24) is 9.97 Å². The van der Waals surface area contributed by atoms with Crippen LogP contribution in [-0.4, -0.2) is 9.97 Å². The molecule has 4 heteroatoms. The number of nitrogens with zero attached hydrogens (tertiary/aromatic N) is 4. The molecule has 0 saturated heterocycles. The van der Waals surface area contributed by atoms with Gasteiger partial charge in [0.25, 0.3) is 0 Å². The Bertz CT molecular complexity index is 1330. The zero-order chi connectivity index (χ0) is 19.3. The van der Waals surface area contributed by atoms with Gasteiger partial charge in [-0.25, -0.2) is 9.97 Å². The standard InChI is InChI=1S/C24H12N4/c25-15-22-23(16-26)28-24(20-12-11-18-8-4-5-9-19(18)14-20)21(27-22)13-10-17-6-2-1-3-7-17/h1-9,11-12,14H. The molecule has 3 aromatic carbocycles. The van der Waals surface area contributed by atoms with E-state index in [0.29, 0.717) is 11.4 Å². The molecule has 0 aliphatic rings. The van der Waals surface area contributed by atoms with E-state index in [9.17, 15) is 10.5 Å². The van der Waals surface area contributed by atoms with Gasteiger partial charge in [0.2, 0.25) is 0 Å². The maximum Gasteiger partial charge on any atom is 0.178 e. The van der Waals surface area contributed by atoms with E-state index in [1.54, 1.807) is 0 Å². The topological polar surface area (TPSA) is 73.4 Å². The van der Waals surface area contributed by atoms with Crippen LogP contribution in [0.4, 0.5) is 0 Å². The Morgan fingerprint density at radius 2 is 1.29 bits per heavy atom. The molecule has 128 valence electrons. The second-order valence-electron chi connectivity index (χ2n) is 6.02. The second kappa shape index (κ2) is 7.42. The van der Waals surface area contributed by atoms with E-state index >= 15 is 0 Å². The van der Waals surface area contributed by atoms with E-state index in [1.165, 1.54) is 0 Å². The van der Waals surface area contributed by atoms with Crippen LogP contribution in [0.15, 0.2) is 72.8 Å². The van der Waals surface area contributed by atoms with Gasteiger partial charge < -0.3 is 0 Å². The summed E-state index contributed by atoms with van der Waals surface area (Å²) in [4.78, 5) is 8.72. The van der Waals surface area contributed by atoms with Crippen LogP contribution in [0.25, 0.3) is 22.0 Å². The van der Waals surface area contributed by atoms with Gasteiger partial charge in [-0.15, -0.1) is 0 Å². The van der Waals surface area contributed by atoms with Crippen LogP contribution >= 0.6 is 0 Å². The summed E-state index contributed by atoms with van der Waals surface area (Å²) in [7, 11) is 0. The number of hydrogen-bond donors (Lipinski definition) is 0. The van der Waals surface area contributed by atoms with Crippen molar-refractivity contribution >= 4 is 10.8 Å². The van der Waals surface area contributed by atoms with E-state index in [-0.39, 0.29) is 11.4 Å². The monoisotopic (exact) mass is 356 g/mol. The van der Waals surface area contributed by atoms with E-state index < -0.39 is 0 Å². The van der Waals surface area contributed by atoms with Crippen LogP contribution in [0.2, 0.25) is 0 Å². The summed E-state index contributed by atoms with van der Waals surface area (Å²) in [6, 6.07) is 27.3. The van der Waals surface area contributed by atoms with E-state index in [4.69, 9.17) is 0 Å². The van der Waals surface area contributed by atoms with Gasteiger partial charge in [-0.05, 0) is 34.9 Å². The van der Waals surface area contributed by atoms with Gasteiger partial charge in [0.05, 0.1) is 0 Å². The highest BCUT2D eigenvalue weighted by atomic mass is 14.8. The number of hydrogen-bond acceptors (Lipinski definition) is 4. The Kier molecular flexibility index (Phi) is 4.50. The number of nitriles is 2. The minimum absolute atomic E-state index is 0.00378. The molecule has 0 N–H and O–H groups in total. The molecule has 0 radical (unpaired) electrons. The zero-order valence-electron chi connectivity index (χ0n) is 14.7. The predicted molar refractivity (Wildman–Crippen MR) is 107 cm³/mol. The Hall–Kier alpha value is -4.46. The van der Waals surface area contributed by atoms with E-state index in [0.717, 1.165) is 21.9 Å². The first-order valence-corrected chi connectivity index (χ1v) is 8.57. The largest absolute Gasteiger partial charge is 0.231 e. The first-order valence-electron chi connectivity index (χ1n) is 8.57. The average molecular weight is 356 g/mol. The van der Waals surface area contributed by atoms with Crippen LogP contribution in [0.5, 0.6) is 0 Å². The number of aromatic nitrogens is 2. The fourth-order valence-electron chi connectivity index (χ4n) is 2.87. The van der Waals surface area contributed by atoms with Crippen molar-refractivity contribution in [3.05, 3.63) is 95.4 Å². The van der Waals surface area contributed by atoms with Gasteiger partial charge in [0, 0.05) is 11.1 Å². The predicted octanol–water partition coefficient (Wildman–Crippen LogP) is 4.44. The lowest BCUT2D eigenvalue weighted by Gasteiger charge is -2.07. The highest BCUT2D eigenvalue weighted by molar-refractivity contribution is 5.87. The lowest BCUT2D eigenvalue weighted by molar-refractivity contribution is 1.11. The van der Waals surface area contributed by atoms with Crippen molar-refractivity contribution in [3.8, 4) is 35.2 Å². The van der Waals surface area contributed by atoms with Crippen LogP contribution < -0.4 is 0 Å². The molecule has 0 amide bonds. The molecule has 0 aliphatic carbocycles. The molecule has 0 fully saturated rings. The van der Waals surface area contributed by atoms with E-state index in [1.807, 2.05) is 84.9 Å². The average Bonchev–Trinajstić information content (AvgIpc) is 2.77. The summed E-state index contributed by atoms with van der Waals surface area (Å²) < 4.78 is 0. The number of benzene rings is 3. The van der Waals surface area contributed by atoms with Gasteiger partial charge in [-0.2, -0.15) is 10.5 Å². The Balaban J connectivity index is 1.93. The molecule has 1 heterocycles. The third-order valence-electron chi connectivity index (χ3n) is 4.23. The number of rotatable bonds is 1. The minimum atomic E-state index is -0.0237. The minimum Gasteiger partial charge on any atom is -0.231 e. The molecule has 4 rings (SSSR count). The molecule has 28 heavy (non-hydrogen) atoms. The molecule has 0 aliphatic heterocycles. The Morgan fingerprint density at radius 3 is 2.04 bits per heavy atom. The molecule has 0 saturated carbocycles. The molecule has 4 nitrogen and oxygen atoms in total. The molecule has 0 spiro atoms. The molecular formula is C24H12N4. The first-order chi connectivity index (χ1) is 13.8. The second-order valence-corrected chi connectivity index (χ2v) is 6.02. The Labute approximate surface area is 162 Å². The summed E-state index contributed by atoms with van der Waals surface area (Å²) in [6.07, 6.45) is 0. The van der Waals surface area contributed by atoms with Crippen LogP contribution in [0.3, 0.4) is 0 Å². The Morgan fingerprint density at radius 1 is 0.607 bits per heavy atom. The third-order valence-corrected chi connectivity index (χ3v) is 4.23. The summed E-state index contributed by atoms with van der Waals surface area (Å²) in [5.74, 6) is 6.07. The summed E-state index contributed by atoms with van der Waals surface area (Å²) in [5.41, 5.74) is 2.46. The quantitative estimate of drug-likeness (QED) is 0.473. The van der Waals surface area contributed by atoms with Crippen LogP contribution in [0.1, 0.15) is 22.6 Å². The van der Waals surface area contributed by atoms with Crippen molar-refractivity contribution in [1.29, 1.82) is 10.5 Å². The normalized spacial score (nSPS) is 9.79. The summed E-state index contributed by atoms with van der Waals surface area (Å²) in [5, 5.41) is 20.8. The molecule has 0 atom stereocenters. The summed E-state index contributed by atoms with van der Waals surface area (Å²) >= 11 is 0. The van der Waals surface area contributed by atoms with Crippen molar-refractivity contribution in [2.75, 3.05) is 0 Å². The highest BCUT2D eigenvalue weighted by Gasteiger charge is 2.14. The zero-order valence-corrected chi connectivity index (χ0v) is 14.7. The fourth-order valence-corrected chi connectivity index (χ4v) is 2.87. The van der Waals surface area contributed by atoms with Gasteiger partial charge in [0.1, 0.15) is 23.5 Å². The SMILES string of the molecule is N#Cc1nc(C#Cc2ccccc2)c(-c2ccc3ccccc3c2)nc1C#N. The van der Waals surface area contributed by atoms with Gasteiger partial charge >= 0.3 is 0 Å². The van der Waals surface area contributed by atoms with Crippen molar-refractivity contribution in [2.24, 2.45) is 0 Å². The maximum atomic E-state index is 9.35. The van der Waals surface area contributed by atoms with Gasteiger partial charge in [-0.1, -0.05) is 60.5 Å². The van der Waals surface area contributed by atoms with Crippen molar-refractivity contribution in [3.63, 3.8) is 0 Å². The molecule has 1 aromatic heterocycles. The molecular weight excluding hydrogens is 344 g/mol. The third kappa shape index (κ3) is 3.29. The van der Waals surface area contributed by atoms with Crippen LogP contribution in [0, 0.1) is 34.5 Å². The van der Waals surface area contributed by atoms with Gasteiger partial charge in [0.15, 0.2) is 11.4 Å². The lowest BCUT2D eigenvalue weighted by Crippen LogP contribution is -2.01. The van der Waals surface area contributed by atoms with E-state index in [2.05, 4.69) is 21.8 Å². The summed E-state index contributed by atoms with van der Waals surface area (Å²) in [6.45, 7) is 0. The van der Waals surface area contributed by atoms with Crippen LogP contribution in [-0.2, 0) is 0 Å².